The summed E-state index contributed by atoms with van der Waals surface area (Å²) in [6.07, 6.45) is 7.68. The lowest BCUT2D eigenvalue weighted by molar-refractivity contribution is -0.00231. The standard InChI is InChI=1S/C9H13ClO2/c1-8(11)7-12-9(10)5-3-2-4-6-9/h2-5,8,11H,6-7H2,1H3. The molecule has 2 nitrogen and oxygen atoms in total. The highest BCUT2D eigenvalue weighted by molar-refractivity contribution is 6.24. The average molecular weight is 189 g/mol. The van der Waals surface area contributed by atoms with Crippen LogP contribution in [0, 0.1) is 0 Å². The Labute approximate surface area is 77.5 Å². The second-order valence-corrected chi connectivity index (χ2v) is 3.58. The van der Waals surface area contributed by atoms with Crippen LogP contribution in [0.4, 0.5) is 0 Å². The Morgan fingerprint density at radius 3 is 2.92 bits per heavy atom. The number of hydrogen-bond donors (Lipinski definition) is 1. The number of aliphatic hydroxyl groups is 1. The summed E-state index contributed by atoms with van der Waals surface area (Å²) in [7, 11) is 0. The fourth-order valence-corrected chi connectivity index (χ4v) is 1.17. The number of halogens is 1. The van der Waals surface area contributed by atoms with Crippen molar-refractivity contribution in [1.29, 1.82) is 0 Å². The summed E-state index contributed by atoms with van der Waals surface area (Å²) in [5.74, 6) is 0. The van der Waals surface area contributed by atoms with Crippen LogP contribution in [-0.4, -0.2) is 22.9 Å². The molecule has 0 aromatic rings. The minimum absolute atomic E-state index is 0.266. The molecule has 3 heteroatoms. The fraction of sp³-hybridized carbons (Fsp3) is 0.556. The topological polar surface area (TPSA) is 29.5 Å². The van der Waals surface area contributed by atoms with Gasteiger partial charge >= 0.3 is 0 Å². The lowest BCUT2D eigenvalue weighted by Crippen LogP contribution is -2.27. The monoisotopic (exact) mass is 188 g/mol. The summed E-state index contributed by atoms with van der Waals surface area (Å²) in [5, 5.41) is 8.23. The fourth-order valence-electron chi connectivity index (χ4n) is 0.941. The van der Waals surface area contributed by atoms with E-state index in [1.807, 2.05) is 18.2 Å². The molecule has 0 amide bonds. The minimum atomic E-state index is -0.744. The number of hydrogen-bond acceptors (Lipinski definition) is 2. The molecule has 0 spiro atoms. The van der Waals surface area contributed by atoms with Crippen LogP contribution in [0.5, 0.6) is 0 Å². The summed E-state index contributed by atoms with van der Waals surface area (Å²) < 4.78 is 5.31. The first kappa shape index (κ1) is 9.78. The molecule has 68 valence electrons. The van der Waals surface area contributed by atoms with Gasteiger partial charge in [-0.1, -0.05) is 29.8 Å². The normalized spacial score (nSPS) is 30.6. The smallest absolute Gasteiger partial charge is 0.164 e. The van der Waals surface area contributed by atoms with Gasteiger partial charge in [-0.2, -0.15) is 0 Å². The maximum atomic E-state index is 8.97. The van der Waals surface area contributed by atoms with Crippen LogP contribution in [-0.2, 0) is 4.74 Å². The van der Waals surface area contributed by atoms with Gasteiger partial charge in [0.15, 0.2) is 5.06 Å². The van der Waals surface area contributed by atoms with Gasteiger partial charge in [0, 0.05) is 6.42 Å². The van der Waals surface area contributed by atoms with E-state index < -0.39 is 11.2 Å². The Morgan fingerprint density at radius 2 is 2.42 bits per heavy atom. The van der Waals surface area contributed by atoms with Crippen LogP contribution < -0.4 is 0 Å². The highest BCUT2D eigenvalue weighted by atomic mass is 35.5. The highest BCUT2D eigenvalue weighted by Gasteiger charge is 2.24. The summed E-state index contributed by atoms with van der Waals surface area (Å²) >= 11 is 6.05. The Bertz CT molecular complexity index is 199. The number of allylic oxidation sites excluding steroid dienone is 2. The van der Waals surface area contributed by atoms with Crippen molar-refractivity contribution in [1.82, 2.24) is 0 Å². The van der Waals surface area contributed by atoms with Crippen molar-refractivity contribution in [2.45, 2.75) is 24.5 Å². The van der Waals surface area contributed by atoms with E-state index in [1.165, 1.54) is 0 Å². The van der Waals surface area contributed by atoms with Gasteiger partial charge in [-0.15, -0.1) is 0 Å². The van der Waals surface area contributed by atoms with Crippen molar-refractivity contribution >= 4 is 11.6 Å². The summed E-state index contributed by atoms with van der Waals surface area (Å²) in [5.41, 5.74) is 0. The number of aliphatic hydroxyl groups excluding tert-OH is 1. The molecule has 0 bridgehead atoms. The molecule has 0 saturated carbocycles. The molecule has 0 aliphatic heterocycles. The summed E-state index contributed by atoms with van der Waals surface area (Å²) in [6.45, 7) is 1.93. The first-order valence-corrected chi connectivity index (χ1v) is 4.35. The zero-order valence-corrected chi connectivity index (χ0v) is 7.79. The van der Waals surface area contributed by atoms with Gasteiger partial charge in [-0.3, -0.25) is 0 Å². The van der Waals surface area contributed by atoms with E-state index in [4.69, 9.17) is 21.4 Å². The van der Waals surface area contributed by atoms with Crippen LogP contribution in [0.3, 0.4) is 0 Å². The van der Waals surface area contributed by atoms with Crippen LogP contribution in [0.15, 0.2) is 24.3 Å². The van der Waals surface area contributed by atoms with E-state index >= 15 is 0 Å². The molecule has 12 heavy (non-hydrogen) atoms. The van der Waals surface area contributed by atoms with Crippen molar-refractivity contribution in [3.63, 3.8) is 0 Å². The minimum Gasteiger partial charge on any atom is -0.391 e. The molecule has 1 N–H and O–H groups in total. The quantitative estimate of drug-likeness (QED) is 0.685. The molecular weight excluding hydrogens is 176 g/mol. The SMILES string of the molecule is CC(O)COC1(Cl)C=CC=CC1. The molecule has 2 atom stereocenters. The van der Waals surface area contributed by atoms with E-state index in [0.29, 0.717) is 6.42 Å². The van der Waals surface area contributed by atoms with Gasteiger partial charge in [0.1, 0.15) is 0 Å². The van der Waals surface area contributed by atoms with Gasteiger partial charge < -0.3 is 9.84 Å². The molecule has 0 heterocycles. The van der Waals surface area contributed by atoms with Crippen molar-refractivity contribution in [2.24, 2.45) is 0 Å². The van der Waals surface area contributed by atoms with Gasteiger partial charge in [-0.25, -0.2) is 0 Å². The van der Waals surface area contributed by atoms with Crippen LogP contribution >= 0.6 is 11.6 Å². The van der Waals surface area contributed by atoms with E-state index in [1.54, 1.807) is 13.0 Å². The van der Waals surface area contributed by atoms with Gasteiger partial charge in [0.05, 0.1) is 12.7 Å². The second kappa shape index (κ2) is 4.08. The number of alkyl halides is 1. The van der Waals surface area contributed by atoms with Crippen LogP contribution in [0.25, 0.3) is 0 Å². The van der Waals surface area contributed by atoms with Crippen molar-refractivity contribution in [2.75, 3.05) is 6.61 Å². The highest BCUT2D eigenvalue weighted by Crippen LogP contribution is 2.26. The number of rotatable bonds is 3. The maximum Gasteiger partial charge on any atom is 0.164 e. The molecule has 1 aliphatic rings. The molecule has 0 aromatic carbocycles. The van der Waals surface area contributed by atoms with E-state index in [0.717, 1.165) is 0 Å². The molecular formula is C9H13ClO2. The van der Waals surface area contributed by atoms with Crippen LogP contribution in [0.2, 0.25) is 0 Å². The van der Waals surface area contributed by atoms with E-state index in [-0.39, 0.29) is 6.61 Å². The van der Waals surface area contributed by atoms with Crippen molar-refractivity contribution in [3.05, 3.63) is 24.3 Å². The third-order valence-corrected chi connectivity index (χ3v) is 1.94. The van der Waals surface area contributed by atoms with Crippen LogP contribution in [0.1, 0.15) is 13.3 Å². The average Bonchev–Trinajstić information content (AvgIpc) is 2.03. The predicted octanol–water partition coefficient (Wildman–Crippen LogP) is 1.83. The molecule has 0 aromatic heterocycles. The van der Waals surface area contributed by atoms with Crippen molar-refractivity contribution in [3.8, 4) is 0 Å². The third kappa shape index (κ3) is 2.97. The molecule has 1 rings (SSSR count). The predicted molar refractivity (Wildman–Crippen MR) is 49.1 cm³/mol. The molecule has 0 saturated heterocycles. The lowest BCUT2D eigenvalue weighted by Gasteiger charge is -2.24. The Balaban J connectivity index is 2.39. The molecule has 1 aliphatic carbocycles. The third-order valence-electron chi connectivity index (χ3n) is 1.55. The Hall–Kier alpha value is -0.310. The summed E-state index contributed by atoms with van der Waals surface area (Å²) in [4.78, 5) is 0. The first-order chi connectivity index (χ1) is 5.62. The largest absolute Gasteiger partial charge is 0.391 e. The Kier molecular flexibility index (Phi) is 3.32. The van der Waals surface area contributed by atoms with Gasteiger partial charge in [-0.05, 0) is 13.0 Å². The van der Waals surface area contributed by atoms with E-state index in [2.05, 4.69) is 0 Å². The second-order valence-electron chi connectivity index (χ2n) is 2.94. The van der Waals surface area contributed by atoms with Crippen molar-refractivity contribution < 1.29 is 9.84 Å². The first-order valence-electron chi connectivity index (χ1n) is 3.98. The van der Waals surface area contributed by atoms with Gasteiger partial charge in [0.2, 0.25) is 0 Å². The Morgan fingerprint density at radius 1 is 1.67 bits per heavy atom. The van der Waals surface area contributed by atoms with E-state index in [9.17, 15) is 0 Å². The zero-order valence-electron chi connectivity index (χ0n) is 7.03. The maximum absolute atomic E-state index is 8.97. The molecule has 0 fully saturated rings. The molecule has 0 radical (unpaired) electrons. The van der Waals surface area contributed by atoms with Gasteiger partial charge in [0.25, 0.3) is 0 Å². The summed E-state index contributed by atoms with van der Waals surface area (Å²) in [6, 6.07) is 0. The number of ether oxygens (including phenoxy) is 1. The molecule has 2 unspecified atom stereocenters. The lowest BCUT2D eigenvalue weighted by atomic mass is 10.1. The zero-order chi connectivity index (χ0) is 9.03.